The van der Waals surface area contributed by atoms with E-state index in [2.05, 4.69) is 23.1 Å². The van der Waals surface area contributed by atoms with E-state index >= 15 is 0 Å². The van der Waals surface area contributed by atoms with Gasteiger partial charge in [-0.15, -0.1) is 0 Å². The van der Waals surface area contributed by atoms with E-state index in [1.807, 2.05) is 42.2 Å². The Morgan fingerprint density at radius 3 is 2.53 bits per heavy atom. The molecule has 0 saturated carbocycles. The second-order valence-corrected chi connectivity index (χ2v) is 4.98. The molecule has 5 heteroatoms. The highest BCUT2D eigenvalue weighted by Crippen LogP contribution is 2.29. The Morgan fingerprint density at radius 1 is 1.16 bits per heavy atom. The molecule has 0 aliphatic carbocycles. The zero-order valence-corrected chi connectivity index (χ0v) is 11.6. The Morgan fingerprint density at radius 2 is 1.89 bits per heavy atom. The summed E-state index contributed by atoms with van der Waals surface area (Å²) in [5.41, 5.74) is 12.3. The number of anilines is 1. The maximum atomic E-state index is 6.26. The van der Waals surface area contributed by atoms with E-state index in [1.165, 1.54) is 5.56 Å². The predicted octanol–water partition coefficient (Wildman–Crippen LogP) is 2.24. The van der Waals surface area contributed by atoms with Crippen LogP contribution in [0.15, 0.2) is 18.3 Å². The maximum absolute atomic E-state index is 6.26. The molecule has 19 heavy (non-hydrogen) atoms. The molecule has 0 spiro atoms. The largest absolute Gasteiger partial charge is 0.383 e. The van der Waals surface area contributed by atoms with Crippen LogP contribution >= 0.6 is 0 Å². The van der Waals surface area contributed by atoms with Gasteiger partial charge in [-0.1, -0.05) is 0 Å². The summed E-state index contributed by atoms with van der Waals surface area (Å²) in [5.74, 6) is 0.670. The number of rotatable bonds is 1. The van der Waals surface area contributed by atoms with E-state index in [9.17, 15) is 0 Å². The van der Waals surface area contributed by atoms with Gasteiger partial charge in [0.1, 0.15) is 17.2 Å². The lowest BCUT2D eigenvalue weighted by Crippen LogP contribution is -1.98. The summed E-state index contributed by atoms with van der Waals surface area (Å²) in [7, 11) is 1.92. The van der Waals surface area contributed by atoms with E-state index in [1.54, 1.807) is 0 Å². The number of fused-ring (bicyclic) bond motifs is 1. The van der Waals surface area contributed by atoms with Crippen LogP contribution < -0.4 is 5.73 Å². The van der Waals surface area contributed by atoms with Crippen LogP contribution in [0.5, 0.6) is 0 Å². The van der Waals surface area contributed by atoms with E-state index in [0.717, 1.165) is 28.3 Å². The normalized spacial score (nSPS) is 11.4. The number of nitrogens with two attached hydrogens (primary N) is 1. The van der Waals surface area contributed by atoms with Crippen molar-refractivity contribution in [2.24, 2.45) is 7.05 Å². The molecule has 2 N–H and O–H groups in total. The summed E-state index contributed by atoms with van der Waals surface area (Å²) in [6.45, 7) is 6.12. The Kier molecular flexibility index (Phi) is 2.38. The number of nitrogen functional groups attached to an aromatic ring is 1. The number of aromatic nitrogens is 4. The van der Waals surface area contributed by atoms with Crippen molar-refractivity contribution in [3.63, 3.8) is 0 Å². The lowest BCUT2D eigenvalue weighted by Gasteiger charge is -2.03. The zero-order chi connectivity index (χ0) is 13.7. The minimum absolute atomic E-state index is 0.670. The Labute approximate surface area is 111 Å². The molecule has 3 rings (SSSR count). The van der Waals surface area contributed by atoms with Crippen LogP contribution in [0.3, 0.4) is 0 Å². The van der Waals surface area contributed by atoms with Gasteiger partial charge in [0.2, 0.25) is 0 Å². The van der Waals surface area contributed by atoms with Crippen LogP contribution in [0.4, 0.5) is 5.82 Å². The fraction of sp³-hybridized carbons (Fsp3) is 0.286. The van der Waals surface area contributed by atoms with Gasteiger partial charge in [-0.3, -0.25) is 9.08 Å². The summed E-state index contributed by atoms with van der Waals surface area (Å²) in [6.07, 6.45) is 1.82. The van der Waals surface area contributed by atoms with Gasteiger partial charge >= 0.3 is 0 Å². The van der Waals surface area contributed by atoms with Gasteiger partial charge in [-0.05, 0) is 38.5 Å². The topological polar surface area (TPSA) is 61.1 Å². The lowest BCUT2D eigenvalue weighted by molar-refractivity contribution is 0.740. The van der Waals surface area contributed by atoms with Crippen molar-refractivity contribution in [1.29, 1.82) is 0 Å². The highest BCUT2D eigenvalue weighted by atomic mass is 15.3. The van der Waals surface area contributed by atoms with Crippen molar-refractivity contribution in [2.75, 3.05) is 5.73 Å². The molecule has 0 aromatic carbocycles. The summed E-state index contributed by atoms with van der Waals surface area (Å²) in [6, 6.07) is 4.14. The first kappa shape index (κ1) is 11.8. The molecule has 0 fully saturated rings. The van der Waals surface area contributed by atoms with E-state index < -0.39 is 0 Å². The number of pyridine rings is 1. The molecule has 3 aromatic rings. The van der Waals surface area contributed by atoms with Gasteiger partial charge in [0.25, 0.3) is 0 Å². The van der Waals surface area contributed by atoms with Crippen molar-refractivity contribution in [3.8, 4) is 11.3 Å². The second kappa shape index (κ2) is 3.85. The Balaban J connectivity index is 2.35. The van der Waals surface area contributed by atoms with Crippen LogP contribution in [0.2, 0.25) is 0 Å². The molecular formula is C14H17N5. The van der Waals surface area contributed by atoms with Crippen LogP contribution in [0, 0.1) is 20.8 Å². The predicted molar refractivity (Wildman–Crippen MR) is 76.0 cm³/mol. The molecule has 98 valence electrons. The fourth-order valence-corrected chi connectivity index (χ4v) is 2.49. The van der Waals surface area contributed by atoms with Gasteiger partial charge in [0.15, 0.2) is 0 Å². The number of nitrogens with zero attached hydrogens (tertiary/aromatic N) is 4. The summed E-state index contributed by atoms with van der Waals surface area (Å²) >= 11 is 0. The fourth-order valence-electron chi connectivity index (χ4n) is 2.49. The van der Waals surface area contributed by atoms with Gasteiger partial charge < -0.3 is 5.73 Å². The monoisotopic (exact) mass is 255 g/mol. The molecule has 0 unspecified atom stereocenters. The van der Waals surface area contributed by atoms with E-state index in [-0.39, 0.29) is 0 Å². The zero-order valence-electron chi connectivity index (χ0n) is 11.6. The third kappa shape index (κ3) is 1.62. The van der Waals surface area contributed by atoms with E-state index in [4.69, 9.17) is 5.73 Å². The molecule has 0 atom stereocenters. The average Bonchev–Trinajstić information content (AvgIpc) is 2.82. The number of aryl methyl sites for hydroxylation is 3. The van der Waals surface area contributed by atoms with E-state index in [0.29, 0.717) is 5.82 Å². The van der Waals surface area contributed by atoms with Gasteiger partial charge in [-0.2, -0.15) is 5.10 Å². The van der Waals surface area contributed by atoms with Crippen LogP contribution in [0.1, 0.15) is 17.0 Å². The van der Waals surface area contributed by atoms with Crippen molar-refractivity contribution in [1.82, 2.24) is 19.2 Å². The summed E-state index contributed by atoms with van der Waals surface area (Å²) in [5, 5.41) is 4.26. The molecule has 0 radical (unpaired) electrons. The number of hydrogen-bond acceptors (Lipinski definition) is 3. The number of hydrogen-bond donors (Lipinski definition) is 1. The highest BCUT2D eigenvalue weighted by Gasteiger charge is 2.16. The average molecular weight is 255 g/mol. The lowest BCUT2D eigenvalue weighted by atomic mass is 10.2. The third-order valence-corrected chi connectivity index (χ3v) is 3.58. The van der Waals surface area contributed by atoms with Crippen molar-refractivity contribution in [3.05, 3.63) is 35.3 Å². The molecule has 0 bridgehead atoms. The van der Waals surface area contributed by atoms with Gasteiger partial charge in [0, 0.05) is 24.0 Å². The number of imidazole rings is 1. The molecule has 0 saturated heterocycles. The van der Waals surface area contributed by atoms with Gasteiger partial charge in [-0.25, -0.2) is 4.98 Å². The smallest absolute Gasteiger partial charge is 0.139 e. The molecule has 3 heterocycles. The van der Waals surface area contributed by atoms with Gasteiger partial charge in [0.05, 0.1) is 6.20 Å². The first-order valence-corrected chi connectivity index (χ1v) is 6.23. The first-order valence-electron chi connectivity index (χ1n) is 6.23. The summed E-state index contributed by atoms with van der Waals surface area (Å²) < 4.78 is 3.81. The third-order valence-electron chi connectivity index (χ3n) is 3.58. The van der Waals surface area contributed by atoms with Crippen LogP contribution in [-0.4, -0.2) is 19.2 Å². The van der Waals surface area contributed by atoms with Crippen molar-refractivity contribution >= 4 is 11.5 Å². The molecule has 0 aliphatic rings. The molecule has 5 nitrogen and oxygen atoms in total. The minimum atomic E-state index is 0.670. The Hall–Kier alpha value is -2.30. The summed E-state index contributed by atoms with van der Waals surface area (Å²) in [4.78, 5) is 4.66. The van der Waals surface area contributed by atoms with Crippen LogP contribution in [-0.2, 0) is 7.05 Å². The van der Waals surface area contributed by atoms with Crippen LogP contribution in [0.25, 0.3) is 16.9 Å². The quantitative estimate of drug-likeness (QED) is 0.725. The molecular weight excluding hydrogens is 238 g/mol. The second-order valence-electron chi connectivity index (χ2n) is 4.98. The molecule has 3 aromatic heterocycles. The maximum Gasteiger partial charge on any atom is 0.139 e. The van der Waals surface area contributed by atoms with Crippen molar-refractivity contribution < 1.29 is 0 Å². The standard InChI is InChI=1S/C14H17N5/c1-8-5-9(2)19-12(6-8)17-13(14(19)15)11-7-16-18(4)10(11)3/h5-7H,15H2,1-4H3. The SMILES string of the molecule is Cc1cc(C)n2c(N)c(-c3cnn(C)c3C)nc2c1. The minimum Gasteiger partial charge on any atom is -0.383 e. The Bertz CT molecular complexity index is 779. The molecule has 0 aliphatic heterocycles. The highest BCUT2D eigenvalue weighted by molar-refractivity contribution is 5.76. The van der Waals surface area contributed by atoms with Crippen molar-refractivity contribution in [2.45, 2.75) is 20.8 Å². The molecule has 0 amide bonds. The first-order chi connectivity index (χ1) is 8.99.